The van der Waals surface area contributed by atoms with Crippen LogP contribution in [0.15, 0.2) is 181 Å². The van der Waals surface area contributed by atoms with Crippen LogP contribution >= 0.6 is 11.3 Å². The number of furan rings is 1. The molecular formula is C52H33N3OS. The number of thiophene rings is 1. The molecule has 0 aliphatic rings. The lowest BCUT2D eigenvalue weighted by Crippen LogP contribution is -2.02. The van der Waals surface area contributed by atoms with E-state index in [0.717, 1.165) is 54.5 Å². The lowest BCUT2D eigenvalue weighted by Gasteiger charge is -2.12. The Morgan fingerprint density at radius 2 is 1.11 bits per heavy atom. The molecular weight excluding hydrogens is 715 g/mol. The van der Waals surface area contributed by atoms with E-state index in [4.69, 9.17) is 19.4 Å². The molecule has 0 saturated heterocycles. The summed E-state index contributed by atoms with van der Waals surface area (Å²) in [4.78, 5) is 15.4. The summed E-state index contributed by atoms with van der Waals surface area (Å²) in [6, 6.07) is 51.9. The maximum absolute atomic E-state index is 6.71. The Morgan fingerprint density at radius 3 is 1.84 bits per heavy atom. The maximum Gasteiger partial charge on any atom is 0.167 e. The number of aromatic nitrogens is 3. The molecule has 0 unspecified atom stereocenters. The summed E-state index contributed by atoms with van der Waals surface area (Å²) < 4.78 is 9.09. The summed E-state index contributed by atoms with van der Waals surface area (Å²) >= 11 is 1.77. The van der Waals surface area contributed by atoms with Gasteiger partial charge in [0.2, 0.25) is 0 Å². The van der Waals surface area contributed by atoms with E-state index in [1.165, 1.54) is 47.8 Å². The van der Waals surface area contributed by atoms with Crippen LogP contribution < -0.4 is 0 Å². The van der Waals surface area contributed by atoms with E-state index >= 15 is 0 Å². The molecule has 0 amide bonds. The molecule has 0 N–H and O–H groups in total. The quantitative estimate of drug-likeness (QED) is 0.126. The Bertz CT molecular complexity index is 3480. The first kappa shape index (κ1) is 33.2. The second-order valence-electron chi connectivity index (χ2n) is 14.4. The van der Waals surface area contributed by atoms with Crippen LogP contribution in [0, 0.1) is 0 Å². The topological polar surface area (TPSA) is 51.8 Å². The van der Waals surface area contributed by atoms with Crippen molar-refractivity contribution in [3.05, 3.63) is 182 Å². The lowest BCUT2D eigenvalue weighted by atomic mass is 9.92. The van der Waals surface area contributed by atoms with Crippen molar-refractivity contribution in [2.75, 3.05) is 0 Å². The Morgan fingerprint density at radius 1 is 0.526 bits per heavy atom. The van der Waals surface area contributed by atoms with Gasteiger partial charge in [-0.25, -0.2) is 15.0 Å². The molecule has 0 spiro atoms. The standard InChI is InChI=1S/C52H33N3OS/c1-3-4-5-14-31(2)50-53-51(55-52(54-50)43-23-13-21-41-39-19-10-11-24-47(39)57-49(41)43)42-22-12-20-40-45-30-33(26-28-46(45)56-48(40)42)32-25-27-38-36-17-7-6-15-34(36)35-16-8-9-18-37(35)44(38)29-32/h3-30H,1H2,2H3/b5-4-,31-14+. The molecule has 4 nitrogen and oxygen atoms in total. The van der Waals surface area contributed by atoms with Crippen LogP contribution in [0.1, 0.15) is 12.7 Å². The van der Waals surface area contributed by atoms with Crippen molar-refractivity contribution in [3.8, 4) is 33.9 Å². The van der Waals surface area contributed by atoms with Gasteiger partial charge in [-0.3, -0.25) is 0 Å². The minimum atomic E-state index is 0.562. The van der Waals surface area contributed by atoms with Crippen LogP contribution in [-0.4, -0.2) is 15.0 Å². The molecule has 0 saturated carbocycles. The van der Waals surface area contributed by atoms with Gasteiger partial charge in [0, 0.05) is 36.5 Å². The molecule has 3 heterocycles. The fourth-order valence-electron chi connectivity index (χ4n) is 8.31. The number of benzene rings is 8. The summed E-state index contributed by atoms with van der Waals surface area (Å²) in [5.41, 5.74) is 6.56. The van der Waals surface area contributed by atoms with E-state index in [-0.39, 0.29) is 0 Å². The minimum absolute atomic E-state index is 0.562. The van der Waals surface area contributed by atoms with Gasteiger partial charge in [0.25, 0.3) is 0 Å². The third kappa shape index (κ3) is 5.39. The van der Waals surface area contributed by atoms with Crippen LogP contribution in [-0.2, 0) is 0 Å². The molecule has 0 radical (unpaired) electrons. The molecule has 0 aliphatic carbocycles. The van der Waals surface area contributed by atoms with Crippen LogP contribution in [0.2, 0.25) is 0 Å². The number of para-hydroxylation sites is 1. The van der Waals surface area contributed by atoms with Gasteiger partial charge in [-0.15, -0.1) is 11.3 Å². The summed E-state index contributed by atoms with van der Waals surface area (Å²) in [7, 11) is 0. The van der Waals surface area contributed by atoms with E-state index in [0.29, 0.717) is 17.5 Å². The van der Waals surface area contributed by atoms with Crippen molar-refractivity contribution in [2.24, 2.45) is 0 Å². The van der Waals surface area contributed by atoms with E-state index in [1.807, 2.05) is 31.2 Å². The first-order chi connectivity index (χ1) is 28.1. The second-order valence-corrected chi connectivity index (χ2v) is 15.5. The Balaban J connectivity index is 1.08. The third-order valence-electron chi connectivity index (χ3n) is 11.0. The molecule has 268 valence electrons. The van der Waals surface area contributed by atoms with Crippen LogP contribution in [0.3, 0.4) is 0 Å². The number of fused-ring (bicyclic) bond motifs is 12. The number of hydrogen-bond acceptors (Lipinski definition) is 5. The zero-order valence-corrected chi connectivity index (χ0v) is 31.8. The molecule has 0 atom stereocenters. The van der Waals surface area contributed by atoms with E-state index in [1.54, 1.807) is 17.4 Å². The number of hydrogen-bond donors (Lipinski definition) is 0. The molecule has 11 rings (SSSR count). The van der Waals surface area contributed by atoms with Gasteiger partial charge < -0.3 is 4.42 Å². The van der Waals surface area contributed by atoms with Crippen molar-refractivity contribution < 1.29 is 4.42 Å². The Hall–Kier alpha value is -7.21. The van der Waals surface area contributed by atoms with Gasteiger partial charge in [-0.05, 0) is 92.3 Å². The van der Waals surface area contributed by atoms with Crippen molar-refractivity contribution in [1.29, 1.82) is 0 Å². The normalized spacial score (nSPS) is 12.4. The highest BCUT2D eigenvalue weighted by molar-refractivity contribution is 7.26. The number of rotatable bonds is 6. The summed E-state index contributed by atoms with van der Waals surface area (Å²) in [6.07, 6.45) is 7.62. The lowest BCUT2D eigenvalue weighted by molar-refractivity contribution is 0.669. The molecule has 5 heteroatoms. The van der Waals surface area contributed by atoms with Gasteiger partial charge in [-0.2, -0.15) is 0 Å². The molecule has 0 bridgehead atoms. The SMILES string of the molecule is C=C/C=C\C=C(/C)c1nc(-c2cccc3c2oc2ccc(-c4ccc5c6ccccc6c6ccccc6c5c4)cc23)nc(-c2cccc3c2sc2ccccc23)n1. The Labute approximate surface area is 332 Å². The molecule has 57 heavy (non-hydrogen) atoms. The zero-order valence-electron chi connectivity index (χ0n) is 31.0. The highest BCUT2D eigenvalue weighted by Crippen LogP contribution is 2.42. The van der Waals surface area contributed by atoms with Crippen molar-refractivity contribution >= 4 is 91.3 Å². The minimum Gasteiger partial charge on any atom is -0.455 e. The fourth-order valence-corrected chi connectivity index (χ4v) is 9.52. The smallest absolute Gasteiger partial charge is 0.167 e. The average molecular weight is 748 g/mol. The van der Waals surface area contributed by atoms with Gasteiger partial charge >= 0.3 is 0 Å². The van der Waals surface area contributed by atoms with Crippen LogP contribution in [0.4, 0.5) is 0 Å². The summed E-state index contributed by atoms with van der Waals surface area (Å²) in [5.74, 6) is 1.79. The average Bonchev–Trinajstić information content (AvgIpc) is 3.84. The van der Waals surface area contributed by atoms with E-state index in [9.17, 15) is 0 Å². The predicted octanol–water partition coefficient (Wildman–Crippen LogP) is 14.7. The molecule has 3 aromatic heterocycles. The maximum atomic E-state index is 6.71. The van der Waals surface area contributed by atoms with E-state index < -0.39 is 0 Å². The first-order valence-corrected chi connectivity index (χ1v) is 19.9. The zero-order chi connectivity index (χ0) is 38.0. The van der Waals surface area contributed by atoms with E-state index in [2.05, 4.69) is 146 Å². The second kappa shape index (κ2) is 13.2. The number of nitrogens with zero attached hydrogens (tertiary/aromatic N) is 3. The monoisotopic (exact) mass is 747 g/mol. The van der Waals surface area contributed by atoms with Crippen molar-refractivity contribution in [1.82, 2.24) is 15.0 Å². The van der Waals surface area contributed by atoms with Crippen LogP contribution in [0.5, 0.6) is 0 Å². The number of allylic oxidation sites excluding steroid dienone is 5. The fraction of sp³-hybridized carbons (Fsp3) is 0.0192. The van der Waals surface area contributed by atoms with Crippen LogP contribution in [0.25, 0.3) is 114 Å². The van der Waals surface area contributed by atoms with Crippen molar-refractivity contribution in [2.45, 2.75) is 6.92 Å². The molecule has 0 aliphatic heterocycles. The summed E-state index contributed by atoms with van der Waals surface area (Å²) in [6.45, 7) is 5.85. The van der Waals surface area contributed by atoms with Gasteiger partial charge in [-0.1, -0.05) is 140 Å². The first-order valence-electron chi connectivity index (χ1n) is 19.1. The summed E-state index contributed by atoms with van der Waals surface area (Å²) in [5, 5.41) is 12.1. The highest BCUT2D eigenvalue weighted by Gasteiger charge is 2.20. The predicted molar refractivity (Wildman–Crippen MR) is 242 cm³/mol. The largest absolute Gasteiger partial charge is 0.455 e. The third-order valence-corrected chi connectivity index (χ3v) is 12.3. The van der Waals surface area contributed by atoms with Gasteiger partial charge in [0.1, 0.15) is 11.2 Å². The van der Waals surface area contributed by atoms with Gasteiger partial charge in [0.15, 0.2) is 17.5 Å². The van der Waals surface area contributed by atoms with Crippen molar-refractivity contribution in [3.63, 3.8) is 0 Å². The molecule has 0 fully saturated rings. The highest BCUT2D eigenvalue weighted by atomic mass is 32.1. The molecule has 8 aromatic carbocycles. The Kier molecular flexibility index (Phi) is 7.69. The molecule has 11 aromatic rings. The van der Waals surface area contributed by atoms with Gasteiger partial charge in [0.05, 0.1) is 5.56 Å².